The molecule has 4 aromatic carbocycles. The van der Waals surface area contributed by atoms with Crippen molar-refractivity contribution in [2.24, 2.45) is 0 Å². The maximum Gasteiger partial charge on any atom is 0.264 e. The molecule has 4 rings (SSSR count). The normalized spacial score (nSPS) is 11.5. The Bertz CT molecular complexity index is 1710. The summed E-state index contributed by atoms with van der Waals surface area (Å²) < 4.78 is 59.4. The van der Waals surface area contributed by atoms with E-state index in [0.29, 0.717) is 17.1 Å². The molecule has 1 amide bonds. The molecule has 0 bridgehead atoms. The van der Waals surface area contributed by atoms with Crippen molar-refractivity contribution in [1.29, 1.82) is 0 Å². The fraction of sp³-hybridized carbons (Fsp3) is 0.138. The summed E-state index contributed by atoms with van der Waals surface area (Å²) in [5.41, 5.74) is 1.74. The highest BCUT2D eigenvalue weighted by molar-refractivity contribution is 7.93. The van der Waals surface area contributed by atoms with Crippen LogP contribution in [-0.2, 0) is 26.6 Å². The molecule has 0 fully saturated rings. The highest BCUT2D eigenvalue weighted by Crippen LogP contribution is 2.31. The largest absolute Gasteiger partial charge is 0.497 e. The molecule has 0 heterocycles. The van der Waals surface area contributed by atoms with Crippen molar-refractivity contribution < 1.29 is 26.4 Å². The lowest BCUT2D eigenvalue weighted by Gasteiger charge is -2.27. The molecule has 0 aliphatic carbocycles. The van der Waals surface area contributed by atoms with Crippen LogP contribution in [0.15, 0.2) is 108 Å². The quantitative estimate of drug-likeness (QED) is 0.290. The van der Waals surface area contributed by atoms with Crippen molar-refractivity contribution in [3.8, 4) is 5.75 Å². The molecule has 11 heteroatoms. The van der Waals surface area contributed by atoms with Crippen LogP contribution < -0.4 is 18.7 Å². The van der Waals surface area contributed by atoms with E-state index >= 15 is 0 Å². The van der Waals surface area contributed by atoms with Crippen LogP contribution in [0, 0.1) is 0 Å². The average Bonchev–Trinajstić information content (AvgIpc) is 2.95. The highest BCUT2D eigenvalue weighted by atomic mass is 32.2. The Morgan fingerprint density at radius 3 is 2.12 bits per heavy atom. The third kappa shape index (κ3) is 6.44. The first-order valence-corrected chi connectivity index (χ1v) is 15.4. The number of hydrogen-bond donors (Lipinski definition) is 1. The van der Waals surface area contributed by atoms with Crippen molar-refractivity contribution >= 4 is 43.0 Å². The smallest absolute Gasteiger partial charge is 0.264 e. The zero-order chi connectivity index (χ0) is 28.9. The van der Waals surface area contributed by atoms with Gasteiger partial charge in [0.1, 0.15) is 5.75 Å². The van der Waals surface area contributed by atoms with Gasteiger partial charge < -0.3 is 10.1 Å². The molecule has 9 nitrogen and oxygen atoms in total. The van der Waals surface area contributed by atoms with Gasteiger partial charge in [0.15, 0.2) is 0 Å². The average molecular weight is 580 g/mol. The second-order valence-electron chi connectivity index (χ2n) is 8.92. The molecule has 0 unspecified atom stereocenters. The number of para-hydroxylation sites is 1. The number of nitrogens with one attached hydrogen (secondary N) is 1. The first-order chi connectivity index (χ1) is 19.0. The van der Waals surface area contributed by atoms with E-state index in [-0.39, 0.29) is 22.7 Å². The lowest BCUT2D eigenvalue weighted by atomic mass is 10.1. The minimum atomic E-state index is -4.12. The van der Waals surface area contributed by atoms with E-state index in [9.17, 15) is 21.6 Å². The van der Waals surface area contributed by atoms with E-state index < -0.39 is 26.0 Å². The molecule has 4 aromatic rings. The van der Waals surface area contributed by atoms with Gasteiger partial charge in [-0.3, -0.25) is 13.4 Å². The number of methoxy groups -OCH3 is 1. The summed E-state index contributed by atoms with van der Waals surface area (Å²) in [6.45, 7) is -0.0197. The summed E-state index contributed by atoms with van der Waals surface area (Å²) in [4.78, 5) is 13.6. The van der Waals surface area contributed by atoms with Crippen LogP contribution in [0.4, 0.5) is 17.1 Å². The first-order valence-electron chi connectivity index (χ1n) is 12.2. The molecule has 208 valence electrons. The number of sulfonamides is 2. The number of ether oxygens (including phenoxy) is 1. The monoisotopic (exact) mass is 579 g/mol. The lowest BCUT2D eigenvalue weighted by Crippen LogP contribution is -2.32. The van der Waals surface area contributed by atoms with E-state index in [0.717, 1.165) is 16.1 Å². The molecule has 0 aliphatic heterocycles. The minimum absolute atomic E-state index is 0.0197. The Hall–Kier alpha value is -4.35. The number of amides is 1. The van der Waals surface area contributed by atoms with E-state index in [4.69, 9.17) is 4.74 Å². The maximum atomic E-state index is 14.0. The van der Waals surface area contributed by atoms with Gasteiger partial charge >= 0.3 is 0 Å². The van der Waals surface area contributed by atoms with Crippen molar-refractivity contribution in [2.75, 3.05) is 34.3 Å². The predicted octanol–water partition coefficient (Wildman–Crippen LogP) is 4.74. The van der Waals surface area contributed by atoms with E-state index in [1.165, 1.54) is 36.7 Å². The molecule has 0 aromatic heterocycles. The Balaban J connectivity index is 1.75. The van der Waals surface area contributed by atoms with Crippen LogP contribution in [0.2, 0.25) is 0 Å². The van der Waals surface area contributed by atoms with Gasteiger partial charge in [-0.05, 0) is 60.2 Å². The standard InChI is InChI=1S/C29H29N3O6S2/c1-31(39(3,34)35)24-13-9-12-23(20-24)30-29(33)27-14-7-8-15-28(27)32(21-22-10-5-4-6-11-22)40(36,37)26-18-16-25(38-2)17-19-26/h4-20H,21H2,1-3H3,(H,30,33). The SMILES string of the molecule is COc1ccc(S(=O)(=O)N(Cc2ccccc2)c2ccccc2C(=O)Nc2cccc(N(C)S(C)(=O)=O)c2)cc1. The maximum absolute atomic E-state index is 14.0. The summed E-state index contributed by atoms with van der Waals surface area (Å²) in [6, 6.07) is 27.9. The number of carbonyl (C=O) groups is 1. The highest BCUT2D eigenvalue weighted by Gasteiger charge is 2.29. The molecule has 0 saturated carbocycles. The summed E-state index contributed by atoms with van der Waals surface area (Å²) in [7, 11) is -4.72. The van der Waals surface area contributed by atoms with Gasteiger partial charge in [-0.2, -0.15) is 0 Å². The third-order valence-electron chi connectivity index (χ3n) is 6.20. The summed E-state index contributed by atoms with van der Waals surface area (Å²) in [5.74, 6) is -0.0464. The van der Waals surface area contributed by atoms with Gasteiger partial charge in [-0.1, -0.05) is 48.5 Å². The fourth-order valence-electron chi connectivity index (χ4n) is 3.98. The molecule has 0 atom stereocenters. The van der Waals surface area contributed by atoms with Gasteiger partial charge in [-0.15, -0.1) is 0 Å². The topological polar surface area (TPSA) is 113 Å². The van der Waals surface area contributed by atoms with Gasteiger partial charge in [0.2, 0.25) is 10.0 Å². The Kier molecular flexibility index (Phi) is 8.46. The number of benzene rings is 4. The van der Waals surface area contributed by atoms with Crippen LogP contribution in [-0.4, -0.2) is 43.2 Å². The molecule has 0 aliphatic rings. The molecule has 1 N–H and O–H groups in total. The van der Waals surface area contributed by atoms with Gasteiger partial charge in [-0.25, -0.2) is 16.8 Å². The zero-order valence-electron chi connectivity index (χ0n) is 22.2. The number of hydrogen-bond acceptors (Lipinski definition) is 6. The number of anilines is 3. The Labute approximate surface area is 234 Å². The van der Waals surface area contributed by atoms with E-state index in [1.54, 1.807) is 54.6 Å². The second kappa shape index (κ2) is 11.8. The van der Waals surface area contributed by atoms with Crippen molar-refractivity contribution in [2.45, 2.75) is 11.4 Å². The molecular formula is C29H29N3O6S2. The van der Waals surface area contributed by atoms with Crippen molar-refractivity contribution in [3.63, 3.8) is 0 Å². The van der Waals surface area contributed by atoms with Crippen LogP contribution in [0.5, 0.6) is 5.75 Å². The first kappa shape index (κ1) is 28.7. The van der Waals surface area contributed by atoms with E-state index in [2.05, 4.69) is 5.32 Å². The zero-order valence-corrected chi connectivity index (χ0v) is 23.8. The van der Waals surface area contributed by atoms with Gasteiger partial charge in [0.25, 0.3) is 15.9 Å². The Morgan fingerprint density at radius 1 is 0.825 bits per heavy atom. The van der Waals surface area contributed by atoms with Crippen LogP contribution >= 0.6 is 0 Å². The minimum Gasteiger partial charge on any atom is -0.497 e. The fourth-order valence-corrected chi connectivity index (χ4v) is 5.94. The summed E-state index contributed by atoms with van der Waals surface area (Å²) in [5, 5.41) is 2.77. The van der Waals surface area contributed by atoms with Crippen molar-refractivity contribution in [3.05, 3.63) is 114 Å². The number of nitrogens with zero attached hydrogens (tertiary/aromatic N) is 2. The molecule has 40 heavy (non-hydrogen) atoms. The molecule has 0 saturated heterocycles. The van der Waals surface area contributed by atoms with Gasteiger partial charge in [0, 0.05) is 12.7 Å². The number of rotatable bonds is 10. The third-order valence-corrected chi connectivity index (χ3v) is 9.18. The number of carbonyl (C=O) groups excluding carboxylic acids is 1. The van der Waals surface area contributed by atoms with Gasteiger partial charge in [0.05, 0.1) is 41.7 Å². The lowest BCUT2D eigenvalue weighted by molar-refractivity contribution is 0.102. The molecule has 0 spiro atoms. The van der Waals surface area contributed by atoms with Crippen LogP contribution in [0.1, 0.15) is 15.9 Å². The Morgan fingerprint density at radius 2 is 1.48 bits per heavy atom. The molecule has 0 radical (unpaired) electrons. The summed E-state index contributed by atoms with van der Waals surface area (Å²) in [6.07, 6.45) is 1.08. The van der Waals surface area contributed by atoms with Crippen LogP contribution in [0.25, 0.3) is 0 Å². The van der Waals surface area contributed by atoms with Crippen molar-refractivity contribution in [1.82, 2.24) is 0 Å². The predicted molar refractivity (Wildman–Crippen MR) is 157 cm³/mol. The van der Waals surface area contributed by atoms with E-state index in [1.807, 2.05) is 30.3 Å². The molecular weight excluding hydrogens is 550 g/mol. The second-order valence-corrected chi connectivity index (χ2v) is 12.8. The van der Waals surface area contributed by atoms with Crippen LogP contribution in [0.3, 0.4) is 0 Å². The summed E-state index contributed by atoms with van der Waals surface area (Å²) >= 11 is 0.